The Kier molecular flexibility index (Phi) is 5.94. The minimum Gasteiger partial charge on any atom is -0.493 e. The van der Waals surface area contributed by atoms with Crippen LogP contribution in [0, 0.1) is 11.3 Å². The highest BCUT2D eigenvalue weighted by Crippen LogP contribution is 2.30. The van der Waals surface area contributed by atoms with E-state index >= 15 is 0 Å². The molecule has 1 N–H and O–H groups in total. The summed E-state index contributed by atoms with van der Waals surface area (Å²) in [6.07, 6.45) is 5.92. The highest BCUT2D eigenvalue weighted by Gasteiger charge is 2.40. The van der Waals surface area contributed by atoms with E-state index in [-0.39, 0.29) is 18.2 Å². The van der Waals surface area contributed by atoms with Gasteiger partial charge in [0.25, 0.3) is 11.8 Å². The lowest BCUT2D eigenvalue weighted by molar-refractivity contribution is -0.132. The molecule has 0 spiro atoms. The van der Waals surface area contributed by atoms with Gasteiger partial charge in [0.15, 0.2) is 18.1 Å². The topological polar surface area (TPSA) is 109 Å². The smallest absolute Gasteiger partial charge is 0.331 e. The Balaban J connectivity index is 1.89. The number of nitriles is 1. The highest BCUT2D eigenvalue weighted by molar-refractivity contribution is 6.31. The van der Waals surface area contributed by atoms with E-state index in [1.54, 1.807) is 18.2 Å². The number of methoxy groups -OCH3 is 1. The molecule has 3 rings (SSSR count). The first-order valence-electron chi connectivity index (χ1n) is 9.13. The number of imide groups is 2. The average molecular weight is 383 g/mol. The first-order valence-corrected chi connectivity index (χ1v) is 9.13. The lowest BCUT2D eigenvalue weighted by Crippen LogP contribution is -2.58. The van der Waals surface area contributed by atoms with Crippen molar-refractivity contribution in [2.75, 3.05) is 13.7 Å². The molecule has 0 atom stereocenters. The first-order chi connectivity index (χ1) is 13.5. The van der Waals surface area contributed by atoms with E-state index in [1.165, 1.54) is 18.1 Å². The van der Waals surface area contributed by atoms with Crippen molar-refractivity contribution in [2.24, 2.45) is 0 Å². The summed E-state index contributed by atoms with van der Waals surface area (Å²) >= 11 is 0. The van der Waals surface area contributed by atoms with Gasteiger partial charge in [-0.2, -0.15) is 5.26 Å². The number of ether oxygens (including phenoxy) is 2. The molecular weight excluding hydrogens is 362 g/mol. The lowest BCUT2D eigenvalue weighted by Gasteiger charge is -2.35. The zero-order chi connectivity index (χ0) is 20.1. The Labute approximate surface area is 162 Å². The molecule has 0 unspecified atom stereocenters. The minimum atomic E-state index is -0.717. The van der Waals surface area contributed by atoms with Gasteiger partial charge in [-0.25, -0.2) is 4.79 Å². The third kappa shape index (κ3) is 3.98. The summed E-state index contributed by atoms with van der Waals surface area (Å²) in [5, 5.41) is 10.9. The van der Waals surface area contributed by atoms with E-state index in [2.05, 4.69) is 5.32 Å². The fourth-order valence-corrected chi connectivity index (χ4v) is 3.51. The van der Waals surface area contributed by atoms with Gasteiger partial charge in [0.2, 0.25) is 0 Å². The largest absolute Gasteiger partial charge is 0.493 e. The van der Waals surface area contributed by atoms with Crippen LogP contribution in [0.3, 0.4) is 0 Å². The zero-order valence-corrected chi connectivity index (χ0v) is 15.6. The number of nitrogens with zero attached hydrogens (tertiary/aromatic N) is 2. The van der Waals surface area contributed by atoms with Crippen LogP contribution < -0.4 is 14.8 Å². The number of amides is 4. The Morgan fingerprint density at radius 3 is 2.64 bits per heavy atom. The second-order valence-electron chi connectivity index (χ2n) is 6.64. The van der Waals surface area contributed by atoms with Gasteiger partial charge in [-0.3, -0.25) is 19.8 Å². The molecule has 146 valence electrons. The van der Waals surface area contributed by atoms with Crippen molar-refractivity contribution in [2.45, 2.75) is 38.1 Å². The van der Waals surface area contributed by atoms with E-state index < -0.39 is 17.8 Å². The molecule has 2 fully saturated rings. The molecule has 8 nitrogen and oxygen atoms in total. The van der Waals surface area contributed by atoms with Gasteiger partial charge >= 0.3 is 6.03 Å². The van der Waals surface area contributed by atoms with Crippen LogP contribution in [0.4, 0.5) is 4.79 Å². The molecule has 1 aliphatic heterocycles. The second kappa shape index (κ2) is 8.57. The molecule has 1 aliphatic carbocycles. The molecular formula is C20H21N3O5. The number of rotatable bonds is 5. The van der Waals surface area contributed by atoms with Crippen molar-refractivity contribution in [3.63, 3.8) is 0 Å². The Hall–Kier alpha value is -3.34. The Bertz CT molecular complexity index is 865. The van der Waals surface area contributed by atoms with Crippen LogP contribution in [0.1, 0.15) is 37.7 Å². The average Bonchev–Trinajstić information content (AvgIpc) is 2.70. The van der Waals surface area contributed by atoms with Crippen LogP contribution in [0.2, 0.25) is 0 Å². The van der Waals surface area contributed by atoms with Crippen molar-refractivity contribution in [3.8, 4) is 17.6 Å². The van der Waals surface area contributed by atoms with Crippen molar-refractivity contribution >= 4 is 23.9 Å². The number of carbonyl (C=O) groups excluding carboxylic acids is 3. The van der Waals surface area contributed by atoms with E-state index in [0.29, 0.717) is 17.1 Å². The summed E-state index contributed by atoms with van der Waals surface area (Å²) in [4.78, 5) is 38.6. The van der Waals surface area contributed by atoms with E-state index in [0.717, 1.165) is 32.1 Å². The summed E-state index contributed by atoms with van der Waals surface area (Å²) in [7, 11) is 1.45. The Morgan fingerprint density at radius 2 is 1.96 bits per heavy atom. The fourth-order valence-electron chi connectivity index (χ4n) is 3.51. The Morgan fingerprint density at radius 1 is 1.21 bits per heavy atom. The van der Waals surface area contributed by atoms with Crippen molar-refractivity contribution in [1.29, 1.82) is 5.26 Å². The predicted octanol–water partition coefficient (Wildman–Crippen LogP) is 2.39. The van der Waals surface area contributed by atoms with Gasteiger partial charge in [0.1, 0.15) is 11.6 Å². The highest BCUT2D eigenvalue weighted by atomic mass is 16.5. The normalized spacial score (nSPS) is 19.4. The number of benzene rings is 1. The van der Waals surface area contributed by atoms with Gasteiger partial charge in [0.05, 0.1) is 7.11 Å². The van der Waals surface area contributed by atoms with Gasteiger partial charge in [0, 0.05) is 6.04 Å². The van der Waals surface area contributed by atoms with E-state index in [9.17, 15) is 14.4 Å². The molecule has 0 bridgehead atoms. The second-order valence-corrected chi connectivity index (χ2v) is 6.64. The summed E-state index contributed by atoms with van der Waals surface area (Å²) in [5.41, 5.74) is 0.440. The summed E-state index contributed by atoms with van der Waals surface area (Å²) in [6.45, 7) is -0.129. The molecule has 1 saturated carbocycles. The third-order valence-corrected chi connectivity index (χ3v) is 4.86. The molecule has 1 aromatic rings. The molecule has 1 aromatic carbocycles. The standard InChI is InChI=1S/C20H21N3O5/c1-27-17-12-13(7-8-16(17)28-10-9-21)11-15-18(24)22-20(26)23(19(15)25)14-5-3-2-4-6-14/h7-8,11-12,14H,2-6,10H2,1H3,(H,22,24,26). The minimum absolute atomic E-state index is 0.0991. The molecule has 2 aliphatic rings. The molecule has 28 heavy (non-hydrogen) atoms. The summed E-state index contributed by atoms with van der Waals surface area (Å²) in [6, 6.07) is 5.87. The number of nitrogens with one attached hydrogen (secondary N) is 1. The van der Waals surface area contributed by atoms with Crippen molar-refractivity contribution in [3.05, 3.63) is 29.3 Å². The van der Waals surface area contributed by atoms with Crippen LogP contribution in [0.5, 0.6) is 11.5 Å². The quantitative estimate of drug-likeness (QED) is 0.618. The lowest BCUT2D eigenvalue weighted by atomic mass is 9.93. The fraction of sp³-hybridized carbons (Fsp3) is 0.400. The maximum absolute atomic E-state index is 12.9. The number of hydrogen-bond acceptors (Lipinski definition) is 6. The van der Waals surface area contributed by atoms with Gasteiger partial charge in [-0.15, -0.1) is 0 Å². The molecule has 1 heterocycles. The van der Waals surface area contributed by atoms with Gasteiger partial charge < -0.3 is 9.47 Å². The number of carbonyl (C=O) groups is 3. The maximum Gasteiger partial charge on any atom is 0.331 e. The molecule has 8 heteroatoms. The van der Waals surface area contributed by atoms with Crippen LogP contribution in [0.15, 0.2) is 23.8 Å². The van der Waals surface area contributed by atoms with Gasteiger partial charge in [-0.1, -0.05) is 25.3 Å². The van der Waals surface area contributed by atoms with Crippen molar-refractivity contribution in [1.82, 2.24) is 10.2 Å². The van der Waals surface area contributed by atoms with E-state index in [4.69, 9.17) is 14.7 Å². The zero-order valence-electron chi connectivity index (χ0n) is 15.6. The SMILES string of the molecule is COc1cc(C=C2C(=O)NC(=O)N(C3CCCCC3)C2=O)ccc1OCC#N. The summed E-state index contributed by atoms with van der Waals surface area (Å²) < 4.78 is 10.5. The third-order valence-electron chi connectivity index (χ3n) is 4.86. The number of urea groups is 1. The van der Waals surface area contributed by atoms with Crippen LogP contribution in [0.25, 0.3) is 6.08 Å². The maximum atomic E-state index is 12.9. The molecule has 0 aromatic heterocycles. The number of hydrogen-bond donors (Lipinski definition) is 1. The molecule has 1 saturated heterocycles. The van der Waals surface area contributed by atoms with E-state index in [1.807, 2.05) is 6.07 Å². The number of barbiturate groups is 1. The summed E-state index contributed by atoms with van der Waals surface area (Å²) in [5.74, 6) is -0.548. The van der Waals surface area contributed by atoms with Crippen LogP contribution in [-0.4, -0.2) is 42.5 Å². The first kappa shape index (κ1) is 19.4. The predicted molar refractivity (Wildman–Crippen MR) is 99.3 cm³/mol. The molecule has 4 amide bonds. The molecule has 0 radical (unpaired) electrons. The van der Waals surface area contributed by atoms with Crippen LogP contribution in [-0.2, 0) is 9.59 Å². The van der Waals surface area contributed by atoms with Crippen molar-refractivity contribution < 1.29 is 23.9 Å². The van der Waals surface area contributed by atoms with Gasteiger partial charge in [-0.05, 0) is 36.6 Å². The van der Waals surface area contributed by atoms with Crippen LogP contribution >= 0.6 is 0 Å². The monoisotopic (exact) mass is 383 g/mol.